The van der Waals surface area contributed by atoms with E-state index < -0.39 is 9.84 Å². The van der Waals surface area contributed by atoms with Crippen molar-refractivity contribution in [3.8, 4) is 11.1 Å². The second kappa shape index (κ2) is 6.00. The second-order valence-corrected chi connectivity index (χ2v) is 9.50. The fourth-order valence-electron chi connectivity index (χ4n) is 4.33. The lowest BCUT2D eigenvalue weighted by Crippen LogP contribution is -2.26. The normalized spacial score (nSPS) is 23.3. The van der Waals surface area contributed by atoms with Crippen molar-refractivity contribution in [1.29, 1.82) is 0 Å². The molecule has 0 saturated carbocycles. The lowest BCUT2D eigenvalue weighted by Gasteiger charge is -2.17. The molecule has 1 saturated heterocycles. The van der Waals surface area contributed by atoms with E-state index in [-0.39, 0.29) is 11.2 Å². The molecule has 1 aromatic carbocycles. The first-order valence-corrected chi connectivity index (χ1v) is 10.6. The van der Waals surface area contributed by atoms with Crippen LogP contribution in [-0.2, 0) is 23.4 Å². The predicted molar refractivity (Wildman–Crippen MR) is 102 cm³/mol. The summed E-state index contributed by atoms with van der Waals surface area (Å²) in [5, 5.41) is 3.86. The van der Waals surface area contributed by atoms with E-state index in [1.54, 1.807) is 16.9 Å². The Balaban J connectivity index is 1.48. The Morgan fingerprint density at radius 3 is 2.78 bits per heavy atom. The zero-order chi connectivity index (χ0) is 18.6. The van der Waals surface area contributed by atoms with Gasteiger partial charge in [-0.1, -0.05) is 12.1 Å². The highest BCUT2D eigenvalue weighted by Crippen LogP contribution is 2.46. The Morgan fingerprint density at radius 2 is 2.04 bits per heavy atom. The van der Waals surface area contributed by atoms with E-state index in [1.165, 1.54) is 0 Å². The van der Waals surface area contributed by atoms with Gasteiger partial charge in [0.05, 0.1) is 22.0 Å². The first kappa shape index (κ1) is 16.6. The van der Waals surface area contributed by atoms with Gasteiger partial charge in [0, 0.05) is 50.6 Å². The highest BCUT2D eigenvalue weighted by atomic mass is 32.2. The van der Waals surface area contributed by atoms with Gasteiger partial charge in [0.1, 0.15) is 0 Å². The molecule has 1 fully saturated rings. The number of aromatic nitrogens is 3. The van der Waals surface area contributed by atoms with Gasteiger partial charge in [-0.15, -0.1) is 0 Å². The van der Waals surface area contributed by atoms with Crippen molar-refractivity contribution in [3.05, 3.63) is 66.2 Å². The Labute approximate surface area is 158 Å². The van der Waals surface area contributed by atoms with E-state index in [0.717, 1.165) is 28.9 Å². The molecular weight excluding hydrogens is 360 g/mol. The summed E-state index contributed by atoms with van der Waals surface area (Å²) >= 11 is 0. The Bertz CT molecular complexity index is 1110. The van der Waals surface area contributed by atoms with Crippen molar-refractivity contribution in [2.24, 2.45) is 7.05 Å². The molecule has 0 N–H and O–H groups in total. The maximum atomic E-state index is 13.1. The smallest absolute Gasteiger partial charge is 0.183 e. The van der Waals surface area contributed by atoms with Crippen molar-refractivity contribution < 1.29 is 8.42 Å². The fourth-order valence-corrected chi connectivity index (χ4v) is 6.52. The number of pyridine rings is 1. The van der Waals surface area contributed by atoms with Crippen molar-refractivity contribution in [3.63, 3.8) is 0 Å². The number of benzene rings is 1. The van der Waals surface area contributed by atoms with Crippen LogP contribution in [0.1, 0.15) is 17.2 Å². The summed E-state index contributed by atoms with van der Waals surface area (Å²) in [6, 6.07) is 11.5. The molecule has 2 aliphatic rings. The number of aryl methyl sites for hydroxylation is 1. The molecule has 0 amide bonds. The summed E-state index contributed by atoms with van der Waals surface area (Å²) in [7, 11) is -1.41. The molecule has 2 aromatic heterocycles. The number of fused-ring (bicyclic) bond motifs is 3. The summed E-state index contributed by atoms with van der Waals surface area (Å²) in [6.07, 6.45) is 5.54. The maximum Gasteiger partial charge on any atom is 0.183 e. The molecule has 27 heavy (non-hydrogen) atoms. The summed E-state index contributed by atoms with van der Waals surface area (Å²) in [6.45, 7) is 1.98. The molecule has 0 bridgehead atoms. The highest BCUT2D eigenvalue weighted by Gasteiger charge is 2.50. The van der Waals surface area contributed by atoms with Gasteiger partial charge in [0.2, 0.25) is 0 Å². The van der Waals surface area contributed by atoms with E-state index in [4.69, 9.17) is 0 Å². The molecule has 0 spiro atoms. The second-order valence-electron chi connectivity index (χ2n) is 7.36. The van der Waals surface area contributed by atoms with Gasteiger partial charge in [-0.25, -0.2) is 8.42 Å². The van der Waals surface area contributed by atoms with Crippen LogP contribution < -0.4 is 0 Å². The Morgan fingerprint density at radius 1 is 1.15 bits per heavy atom. The van der Waals surface area contributed by atoms with Crippen molar-refractivity contribution >= 4 is 9.84 Å². The first-order valence-electron chi connectivity index (χ1n) is 9.01. The minimum absolute atomic E-state index is 0.0188. The van der Waals surface area contributed by atoms with Crippen LogP contribution in [0.2, 0.25) is 0 Å². The molecule has 3 aromatic rings. The monoisotopic (exact) mass is 380 g/mol. The number of sulfone groups is 1. The Kier molecular flexibility index (Phi) is 3.70. The van der Waals surface area contributed by atoms with Crippen LogP contribution in [0, 0.1) is 0 Å². The standard InChI is InChI=1S/C20H20N4O2S/c1-23-10-15(9-22-23)14-5-6-19-17(8-14)18-12-24(13-20(18)27(19,25)26)11-16-4-2-3-7-21-16/h2-10,18,20H,11-13H2,1H3/t18-,20-/m0/s1. The van der Waals surface area contributed by atoms with Crippen LogP contribution >= 0.6 is 0 Å². The predicted octanol–water partition coefficient (Wildman–Crippen LogP) is 2.24. The number of likely N-dealkylation sites (tertiary alicyclic amines) is 1. The lowest BCUT2D eigenvalue weighted by molar-refractivity contribution is 0.321. The quantitative estimate of drug-likeness (QED) is 0.697. The van der Waals surface area contributed by atoms with Gasteiger partial charge in [0.15, 0.2) is 9.84 Å². The zero-order valence-electron chi connectivity index (χ0n) is 15.0. The van der Waals surface area contributed by atoms with Crippen molar-refractivity contribution in [1.82, 2.24) is 19.7 Å². The molecule has 2 atom stereocenters. The van der Waals surface area contributed by atoms with E-state index in [1.807, 2.05) is 49.8 Å². The maximum absolute atomic E-state index is 13.1. The van der Waals surface area contributed by atoms with E-state index in [0.29, 0.717) is 18.0 Å². The van der Waals surface area contributed by atoms with Crippen LogP contribution in [0.5, 0.6) is 0 Å². The highest BCUT2D eigenvalue weighted by molar-refractivity contribution is 7.92. The minimum Gasteiger partial charge on any atom is -0.296 e. The summed E-state index contributed by atoms with van der Waals surface area (Å²) < 4.78 is 27.9. The van der Waals surface area contributed by atoms with Gasteiger partial charge in [-0.05, 0) is 35.4 Å². The average Bonchev–Trinajstić information content (AvgIpc) is 3.33. The van der Waals surface area contributed by atoms with Gasteiger partial charge in [-0.2, -0.15) is 5.10 Å². The number of rotatable bonds is 3. The first-order chi connectivity index (χ1) is 13.0. The lowest BCUT2D eigenvalue weighted by atomic mass is 9.95. The van der Waals surface area contributed by atoms with Crippen molar-refractivity contribution in [2.75, 3.05) is 13.1 Å². The molecule has 0 unspecified atom stereocenters. The van der Waals surface area contributed by atoms with Crippen LogP contribution in [-0.4, -0.2) is 46.4 Å². The average molecular weight is 380 g/mol. The summed E-state index contributed by atoms with van der Waals surface area (Å²) in [5.74, 6) is 0.0188. The minimum atomic E-state index is -3.28. The molecule has 138 valence electrons. The number of nitrogens with zero attached hydrogens (tertiary/aromatic N) is 4. The van der Waals surface area contributed by atoms with Crippen LogP contribution in [0.4, 0.5) is 0 Å². The third kappa shape index (κ3) is 2.69. The van der Waals surface area contributed by atoms with Gasteiger partial charge < -0.3 is 0 Å². The largest absolute Gasteiger partial charge is 0.296 e. The Hall–Kier alpha value is -2.51. The van der Waals surface area contributed by atoms with Gasteiger partial charge in [0.25, 0.3) is 0 Å². The van der Waals surface area contributed by atoms with Crippen molar-refractivity contribution in [2.45, 2.75) is 22.6 Å². The summed E-state index contributed by atoms with van der Waals surface area (Å²) in [5.41, 5.74) is 3.94. The SMILES string of the molecule is Cn1cc(-c2ccc3c(c2)[C@@H]2CN(Cc4ccccn4)C[C@@H]2S3(=O)=O)cn1. The third-order valence-corrected chi connectivity index (χ3v) is 7.87. The van der Waals surface area contributed by atoms with E-state index in [9.17, 15) is 8.42 Å². The van der Waals surface area contributed by atoms with Gasteiger partial charge >= 0.3 is 0 Å². The van der Waals surface area contributed by atoms with Crippen LogP contribution in [0.3, 0.4) is 0 Å². The summed E-state index contributed by atoms with van der Waals surface area (Å²) in [4.78, 5) is 7.08. The van der Waals surface area contributed by atoms with E-state index >= 15 is 0 Å². The molecule has 6 nitrogen and oxygen atoms in total. The molecule has 0 aliphatic carbocycles. The third-order valence-electron chi connectivity index (χ3n) is 5.61. The van der Waals surface area contributed by atoms with Crippen LogP contribution in [0.15, 0.2) is 59.9 Å². The molecule has 7 heteroatoms. The molecular formula is C20H20N4O2S. The van der Waals surface area contributed by atoms with E-state index in [2.05, 4.69) is 15.0 Å². The molecule has 5 rings (SSSR count). The fraction of sp³-hybridized carbons (Fsp3) is 0.300. The van der Waals surface area contributed by atoms with Crippen LogP contribution in [0.25, 0.3) is 11.1 Å². The molecule has 4 heterocycles. The van der Waals surface area contributed by atoms with Gasteiger partial charge in [-0.3, -0.25) is 14.6 Å². The number of hydrogen-bond donors (Lipinski definition) is 0. The zero-order valence-corrected chi connectivity index (χ0v) is 15.8. The topological polar surface area (TPSA) is 68.1 Å². The molecule has 0 radical (unpaired) electrons. The number of hydrogen-bond acceptors (Lipinski definition) is 5. The molecule has 2 aliphatic heterocycles.